The van der Waals surface area contributed by atoms with E-state index < -0.39 is 11.5 Å². The van der Waals surface area contributed by atoms with Crippen LogP contribution in [0.3, 0.4) is 0 Å². The largest absolute Gasteiger partial charge is 0.479 e. The maximum atomic E-state index is 11.8. The molecule has 1 amide bonds. The topological polar surface area (TPSA) is 57.6 Å². The highest BCUT2D eigenvalue weighted by molar-refractivity contribution is 5.87. The van der Waals surface area contributed by atoms with E-state index in [9.17, 15) is 14.7 Å². The first-order chi connectivity index (χ1) is 8.90. The van der Waals surface area contributed by atoms with Gasteiger partial charge in [-0.05, 0) is 24.0 Å². The molecule has 0 aliphatic rings. The summed E-state index contributed by atoms with van der Waals surface area (Å²) < 4.78 is 0. The summed E-state index contributed by atoms with van der Waals surface area (Å²) in [7, 11) is 1.54. The Balaban J connectivity index is 3.37. The average molecular weight is 263 g/mol. The van der Waals surface area contributed by atoms with Crippen molar-refractivity contribution in [2.24, 2.45) is 0 Å². The average Bonchev–Trinajstić information content (AvgIpc) is 2.40. The summed E-state index contributed by atoms with van der Waals surface area (Å²) in [6.45, 7) is 5.20. The molecule has 0 spiro atoms. The molecule has 0 aromatic heterocycles. The number of amides is 1. The molecule has 0 aliphatic carbocycles. The minimum Gasteiger partial charge on any atom is -0.479 e. The van der Waals surface area contributed by atoms with Crippen LogP contribution in [-0.4, -0.2) is 28.9 Å². The number of likely N-dealkylation sites (N-methyl/N-ethyl adjacent to an activating group) is 1. The van der Waals surface area contributed by atoms with E-state index in [1.807, 2.05) is 19.1 Å². The van der Waals surface area contributed by atoms with Gasteiger partial charge in [0, 0.05) is 14.0 Å². The fraction of sp³-hybridized carbons (Fsp3) is 0.467. The van der Waals surface area contributed by atoms with Crippen molar-refractivity contribution < 1.29 is 14.7 Å². The molecule has 4 heteroatoms. The molecule has 1 aromatic rings. The molecule has 0 radical (unpaired) electrons. The fourth-order valence-electron chi connectivity index (χ4n) is 2.34. The van der Waals surface area contributed by atoms with E-state index in [0.717, 1.165) is 12.0 Å². The van der Waals surface area contributed by atoms with Crippen molar-refractivity contribution >= 4 is 11.9 Å². The number of benzene rings is 1. The molecule has 104 valence electrons. The second-order valence-electron chi connectivity index (χ2n) is 4.65. The second-order valence-corrected chi connectivity index (χ2v) is 4.65. The van der Waals surface area contributed by atoms with Crippen LogP contribution in [0.4, 0.5) is 0 Å². The smallest absolute Gasteiger partial charge is 0.334 e. The number of carbonyl (C=O) groups is 2. The monoisotopic (exact) mass is 263 g/mol. The first kappa shape index (κ1) is 15.2. The van der Waals surface area contributed by atoms with Gasteiger partial charge in [-0.2, -0.15) is 0 Å². The molecular weight excluding hydrogens is 242 g/mol. The lowest BCUT2D eigenvalue weighted by atomic mass is 9.85. The van der Waals surface area contributed by atoms with Gasteiger partial charge in [0.15, 0.2) is 5.54 Å². The standard InChI is InChI=1S/C15H21NO3/c1-5-12-7-9-13(10-8-12)15(6-2,14(18)19)16(4)11(3)17/h7-10H,5-6H2,1-4H3,(H,18,19). The lowest BCUT2D eigenvalue weighted by Gasteiger charge is -2.37. The number of hydrogen-bond acceptors (Lipinski definition) is 2. The Hall–Kier alpha value is -1.84. The Morgan fingerprint density at radius 3 is 2.05 bits per heavy atom. The Morgan fingerprint density at radius 2 is 1.74 bits per heavy atom. The summed E-state index contributed by atoms with van der Waals surface area (Å²) >= 11 is 0. The van der Waals surface area contributed by atoms with Gasteiger partial charge < -0.3 is 10.0 Å². The number of aliphatic carboxylic acids is 1. The molecule has 0 fully saturated rings. The molecule has 19 heavy (non-hydrogen) atoms. The van der Waals surface area contributed by atoms with Crippen molar-refractivity contribution in [3.05, 3.63) is 35.4 Å². The Labute approximate surface area is 114 Å². The van der Waals surface area contributed by atoms with Crippen LogP contribution in [0, 0.1) is 0 Å². The van der Waals surface area contributed by atoms with Crippen LogP contribution in [0.25, 0.3) is 0 Å². The molecule has 0 heterocycles. The molecule has 0 saturated heterocycles. The maximum absolute atomic E-state index is 11.8. The molecule has 0 bridgehead atoms. The lowest BCUT2D eigenvalue weighted by Crippen LogP contribution is -2.51. The van der Waals surface area contributed by atoms with Crippen molar-refractivity contribution in [3.8, 4) is 0 Å². The minimum atomic E-state index is -1.29. The predicted octanol–water partition coefficient (Wildman–Crippen LogP) is 2.42. The first-order valence-corrected chi connectivity index (χ1v) is 6.47. The molecule has 1 N–H and O–H groups in total. The summed E-state index contributed by atoms with van der Waals surface area (Å²) in [6, 6.07) is 7.43. The molecule has 1 unspecified atom stereocenters. The summed E-state index contributed by atoms with van der Waals surface area (Å²) in [5.74, 6) is -1.26. The maximum Gasteiger partial charge on any atom is 0.334 e. The predicted molar refractivity (Wildman–Crippen MR) is 73.9 cm³/mol. The van der Waals surface area contributed by atoms with Crippen LogP contribution in [0.5, 0.6) is 0 Å². The zero-order valence-electron chi connectivity index (χ0n) is 11.9. The zero-order chi connectivity index (χ0) is 14.6. The van der Waals surface area contributed by atoms with E-state index >= 15 is 0 Å². The summed E-state index contributed by atoms with van der Waals surface area (Å²) in [5, 5.41) is 9.63. The molecule has 0 saturated carbocycles. The van der Waals surface area contributed by atoms with E-state index in [0.29, 0.717) is 12.0 Å². The number of carbonyl (C=O) groups excluding carboxylic acids is 1. The normalized spacial score (nSPS) is 13.7. The Bertz CT molecular complexity index is 467. The third kappa shape index (κ3) is 2.62. The van der Waals surface area contributed by atoms with Gasteiger partial charge in [0.2, 0.25) is 5.91 Å². The third-order valence-electron chi connectivity index (χ3n) is 3.75. The van der Waals surface area contributed by atoms with Gasteiger partial charge in [0.25, 0.3) is 0 Å². The van der Waals surface area contributed by atoms with Gasteiger partial charge in [-0.1, -0.05) is 38.1 Å². The SMILES string of the molecule is CCc1ccc(C(CC)(C(=O)O)N(C)C(C)=O)cc1. The van der Waals surface area contributed by atoms with E-state index in [1.165, 1.54) is 18.9 Å². The van der Waals surface area contributed by atoms with Crippen molar-refractivity contribution in [1.82, 2.24) is 4.90 Å². The summed E-state index contributed by atoms with van der Waals surface area (Å²) in [6.07, 6.45) is 1.22. The van der Waals surface area contributed by atoms with E-state index in [4.69, 9.17) is 0 Å². The molecule has 0 aliphatic heterocycles. The van der Waals surface area contributed by atoms with Crippen LogP contribution >= 0.6 is 0 Å². The first-order valence-electron chi connectivity index (χ1n) is 6.47. The van der Waals surface area contributed by atoms with Gasteiger partial charge in [-0.3, -0.25) is 4.79 Å². The highest BCUT2D eigenvalue weighted by Gasteiger charge is 2.44. The third-order valence-corrected chi connectivity index (χ3v) is 3.75. The highest BCUT2D eigenvalue weighted by atomic mass is 16.4. The number of carboxylic acid groups (broad SMARTS) is 1. The fourth-order valence-corrected chi connectivity index (χ4v) is 2.34. The van der Waals surface area contributed by atoms with Crippen molar-refractivity contribution in [2.45, 2.75) is 39.2 Å². The number of nitrogens with zero attached hydrogens (tertiary/aromatic N) is 1. The van der Waals surface area contributed by atoms with Gasteiger partial charge in [-0.15, -0.1) is 0 Å². The van der Waals surface area contributed by atoms with Crippen molar-refractivity contribution in [2.75, 3.05) is 7.05 Å². The number of hydrogen-bond donors (Lipinski definition) is 1. The van der Waals surface area contributed by atoms with Crippen molar-refractivity contribution in [3.63, 3.8) is 0 Å². The van der Waals surface area contributed by atoms with Crippen LogP contribution < -0.4 is 0 Å². The molecular formula is C15H21NO3. The summed E-state index contributed by atoms with van der Waals surface area (Å²) in [4.78, 5) is 24.7. The number of rotatable bonds is 5. The van der Waals surface area contributed by atoms with Crippen LogP contribution in [0.1, 0.15) is 38.3 Å². The zero-order valence-corrected chi connectivity index (χ0v) is 11.9. The quantitative estimate of drug-likeness (QED) is 0.887. The molecule has 1 atom stereocenters. The van der Waals surface area contributed by atoms with Crippen molar-refractivity contribution in [1.29, 1.82) is 0 Å². The highest BCUT2D eigenvalue weighted by Crippen LogP contribution is 2.32. The number of aryl methyl sites for hydroxylation is 1. The molecule has 1 aromatic carbocycles. The Kier molecular flexibility index (Phi) is 4.70. The van der Waals surface area contributed by atoms with Gasteiger partial charge in [0.05, 0.1) is 0 Å². The van der Waals surface area contributed by atoms with E-state index in [-0.39, 0.29) is 5.91 Å². The van der Waals surface area contributed by atoms with E-state index in [2.05, 4.69) is 0 Å². The second kappa shape index (κ2) is 5.87. The molecule has 1 rings (SSSR count). The van der Waals surface area contributed by atoms with Gasteiger partial charge in [-0.25, -0.2) is 4.79 Å². The van der Waals surface area contributed by atoms with Gasteiger partial charge in [0.1, 0.15) is 0 Å². The lowest BCUT2D eigenvalue weighted by molar-refractivity contribution is -0.158. The van der Waals surface area contributed by atoms with Crippen LogP contribution in [-0.2, 0) is 21.5 Å². The summed E-state index contributed by atoms with van der Waals surface area (Å²) in [5.41, 5.74) is 0.486. The van der Waals surface area contributed by atoms with E-state index in [1.54, 1.807) is 19.1 Å². The van der Waals surface area contributed by atoms with Gasteiger partial charge >= 0.3 is 5.97 Å². The Morgan fingerprint density at radius 1 is 1.21 bits per heavy atom. The molecule has 4 nitrogen and oxygen atoms in total. The van der Waals surface area contributed by atoms with Crippen LogP contribution in [0.2, 0.25) is 0 Å². The van der Waals surface area contributed by atoms with Crippen LogP contribution in [0.15, 0.2) is 24.3 Å². The number of carboxylic acids is 1. The minimum absolute atomic E-state index is 0.260.